The Hall–Kier alpha value is -3.60. The molecule has 33 heavy (non-hydrogen) atoms. The van der Waals surface area contributed by atoms with Crippen LogP contribution in [0.1, 0.15) is 5.56 Å². The molecule has 2 aromatic carbocycles. The Balaban J connectivity index is 2.21. The third kappa shape index (κ3) is 4.92. The maximum absolute atomic E-state index is 14.8. The van der Waals surface area contributed by atoms with Gasteiger partial charge in [-0.25, -0.2) is 17.6 Å². The molecule has 3 aromatic rings. The van der Waals surface area contributed by atoms with Crippen LogP contribution in [0.4, 0.5) is 10.1 Å². The van der Waals surface area contributed by atoms with Gasteiger partial charge in [0.15, 0.2) is 5.82 Å². The summed E-state index contributed by atoms with van der Waals surface area (Å²) >= 11 is 11.0. The number of thiocarbonyl (C=S) groups is 1. The van der Waals surface area contributed by atoms with E-state index in [1.807, 2.05) is 0 Å². The van der Waals surface area contributed by atoms with Gasteiger partial charge in [-0.2, -0.15) is 19.3 Å². The lowest BCUT2D eigenvalue weighted by Gasteiger charge is -2.24. The molecule has 0 saturated heterocycles. The Labute approximate surface area is 196 Å². The van der Waals surface area contributed by atoms with Crippen LogP contribution in [0.25, 0.3) is 5.69 Å². The summed E-state index contributed by atoms with van der Waals surface area (Å²) in [6.45, 7) is 0. The van der Waals surface area contributed by atoms with Gasteiger partial charge in [0, 0.05) is 12.1 Å². The van der Waals surface area contributed by atoms with Crippen LogP contribution in [0.15, 0.2) is 52.2 Å². The van der Waals surface area contributed by atoms with E-state index in [-0.39, 0.29) is 5.75 Å². The van der Waals surface area contributed by atoms with E-state index in [1.165, 1.54) is 24.3 Å². The molecule has 0 saturated carbocycles. The molecule has 0 spiro atoms. The quantitative estimate of drug-likeness (QED) is 0.486. The first kappa shape index (κ1) is 24.1. The molecule has 0 radical (unpaired) electrons. The fraction of sp³-hybridized carbons (Fsp3) is 0.105. The molecule has 0 aliphatic rings. The average molecular weight is 510 g/mol. The summed E-state index contributed by atoms with van der Waals surface area (Å²) in [4.78, 5) is 24.0. The largest absolute Gasteiger partial charge is 0.431 e. The number of rotatable bonds is 4. The summed E-state index contributed by atoms with van der Waals surface area (Å²) in [5.74, 6) is -0.920. The number of halogens is 2. The van der Waals surface area contributed by atoms with Gasteiger partial charge in [0.1, 0.15) is 23.7 Å². The molecular formula is C19H13ClFN5O5S2. The Morgan fingerprint density at radius 2 is 1.91 bits per heavy atom. The smallest absolute Gasteiger partial charge is 0.352 e. The molecule has 1 heterocycles. The van der Waals surface area contributed by atoms with E-state index >= 15 is 0 Å². The second-order valence-electron chi connectivity index (χ2n) is 6.52. The molecule has 0 N–H and O–H groups in total. The van der Waals surface area contributed by atoms with Crippen LogP contribution in [0.3, 0.4) is 0 Å². The van der Waals surface area contributed by atoms with Crippen LogP contribution in [-0.2, 0) is 17.1 Å². The van der Waals surface area contributed by atoms with Gasteiger partial charge in [-0.15, -0.1) is 0 Å². The standard InChI is InChI=1S/C19H13ClFN5O5S2/c1-24-17(27)10-23-25(18(24)28)16-8-15(11(9-22)7-14(16)21)26(33(2,29)30)19(32)31-13-5-3-12(20)4-6-13/h3-8,10H,1-2H3. The second kappa shape index (κ2) is 9.10. The van der Waals surface area contributed by atoms with Gasteiger partial charge in [0.25, 0.3) is 10.7 Å². The second-order valence-corrected chi connectivity index (χ2v) is 9.13. The van der Waals surface area contributed by atoms with Crippen molar-refractivity contribution in [1.82, 2.24) is 14.3 Å². The van der Waals surface area contributed by atoms with Crippen molar-refractivity contribution in [3.8, 4) is 17.5 Å². The van der Waals surface area contributed by atoms with Gasteiger partial charge in [0.05, 0.1) is 17.5 Å². The van der Waals surface area contributed by atoms with Gasteiger partial charge in [-0.1, -0.05) is 11.6 Å². The van der Waals surface area contributed by atoms with Crippen LogP contribution in [-0.4, -0.2) is 34.2 Å². The van der Waals surface area contributed by atoms with Crippen molar-refractivity contribution in [3.63, 3.8) is 0 Å². The number of hydrogen-bond acceptors (Lipinski definition) is 8. The number of hydrogen-bond donors (Lipinski definition) is 0. The molecule has 0 aliphatic carbocycles. The molecule has 0 aliphatic heterocycles. The molecule has 3 rings (SSSR count). The molecule has 0 amide bonds. The van der Waals surface area contributed by atoms with Crippen molar-refractivity contribution in [1.29, 1.82) is 5.26 Å². The van der Waals surface area contributed by atoms with Gasteiger partial charge >= 0.3 is 5.69 Å². The third-order valence-electron chi connectivity index (χ3n) is 4.23. The van der Waals surface area contributed by atoms with Gasteiger partial charge in [-0.05, 0) is 48.6 Å². The van der Waals surface area contributed by atoms with Crippen LogP contribution in [0.5, 0.6) is 5.75 Å². The number of aromatic nitrogens is 3. The van der Waals surface area contributed by atoms with Crippen LogP contribution >= 0.6 is 23.8 Å². The minimum atomic E-state index is -4.21. The maximum Gasteiger partial charge on any atom is 0.352 e. The molecule has 0 bridgehead atoms. The minimum Gasteiger partial charge on any atom is -0.431 e. The highest BCUT2D eigenvalue weighted by atomic mass is 35.5. The van der Waals surface area contributed by atoms with E-state index in [9.17, 15) is 27.7 Å². The number of sulfonamides is 1. The summed E-state index contributed by atoms with van der Waals surface area (Å²) in [5, 5.41) is 12.9. The number of nitrogens with zero attached hydrogens (tertiary/aromatic N) is 5. The molecule has 14 heteroatoms. The zero-order valence-electron chi connectivity index (χ0n) is 16.9. The highest BCUT2D eigenvalue weighted by Gasteiger charge is 2.29. The van der Waals surface area contributed by atoms with E-state index in [0.717, 1.165) is 25.6 Å². The number of anilines is 1. The normalized spacial score (nSPS) is 11.0. The SMILES string of the molecule is Cn1c(=O)cnn(-c2cc(N(C(=S)Oc3ccc(Cl)cc3)S(C)(=O)=O)c(C#N)cc2F)c1=O. The first-order valence-electron chi connectivity index (χ1n) is 8.81. The highest BCUT2D eigenvalue weighted by molar-refractivity contribution is 7.94. The number of ether oxygens (including phenoxy) is 1. The highest BCUT2D eigenvalue weighted by Crippen LogP contribution is 2.29. The summed E-state index contributed by atoms with van der Waals surface area (Å²) in [6.07, 6.45) is 1.58. The van der Waals surface area contributed by atoms with Crippen LogP contribution in [0, 0.1) is 17.1 Å². The monoisotopic (exact) mass is 509 g/mol. The van der Waals surface area contributed by atoms with Crippen molar-refractivity contribution in [2.24, 2.45) is 7.05 Å². The minimum absolute atomic E-state index is 0.148. The van der Waals surface area contributed by atoms with E-state index in [1.54, 1.807) is 6.07 Å². The van der Waals surface area contributed by atoms with Crippen LogP contribution in [0.2, 0.25) is 5.02 Å². The fourth-order valence-corrected chi connectivity index (χ4v) is 4.22. The summed E-state index contributed by atoms with van der Waals surface area (Å²) in [5.41, 5.74) is -3.06. The number of benzene rings is 2. The van der Waals surface area contributed by atoms with Crippen molar-refractivity contribution >= 4 is 44.7 Å². The van der Waals surface area contributed by atoms with E-state index in [0.29, 0.717) is 24.6 Å². The lowest BCUT2D eigenvalue weighted by molar-refractivity contribution is 0.551. The van der Waals surface area contributed by atoms with Crippen molar-refractivity contribution in [2.45, 2.75) is 0 Å². The van der Waals surface area contributed by atoms with Crippen molar-refractivity contribution in [3.05, 3.63) is 79.8 Å². The fourth-order valence-electron chi connectivity index (χ4n) is 2.67. The molecule has 0 fully saturated rings. The molecule has 1 aromatic heterocycles. The number of nitriles is 1. The zero-order valence-corrected chi connectivity index (χ0v) is 19.3. The van der Waals surface area contributed by atoms with Crippen molar-refractivity contribution in [2.75, 3.05) is 10.6 Å². The Morgan fingerprint density at radius 1 is 1.27 bits per heavy atom. The topological polar surface area (TPSA) is 127 Å². The Kier molecular flexibility index (Phi) is 6.63. The van der Waals surface area contributed by atoms with E-state index in [2.05, 4.69) is 5.10 Å². The predicted molar refractivity (Wildman–Crippen MR) is 122 cm³/mol. The lowest BCUT2D eigenvalue weighted by atomic mass is 10.1. The third-order valence-corrected chi connectivity index (χ3v) is 5.89. The molecule has 0 atom stereocenters. The van der Waals surface area contributed by atoms with Gasteiger partial charge in [0.2, 0.25) is 10.0 Å². The molecular weight excluding hydrogens is 497 g/mol. The summed E-state index contributed by atoms with van der Waals surface area (Å²) in [6, 6.07) is 9.14. The summed E-state index contributed by atoms with van der Waals surface area (Å²) < 4.78 is 47.1. The molecule has 170 valence electrons. The predicted octanol–water partition coefficient (Wildman–Crippen LogP) is 1.73. The molecule has 0 unspecified atom stereocenters. The first-order chi connectivity index (χ1) is 15.4. The van der Waals surface area contributed by atoms with Crippen molar-refractivity contribution < 1.29 is 17.5 Å². The summed E-state index contributed by atoms with van der Waals surface area (Å²) in [7, 11) is -3.05. The van der Waals surface area contributed by atoms with Gasteiger partial charge < -0.3 is 4.74 Å². The average Bonchev–Trinajstić information content (AvgIpc) is 2.74. The van der Waals surface area contributed by atoms with Gasteiger partial charge in [-0.3, -0.25) is 9.36 Å². The molecule has 10 nitrogen and oxygen atoms in total. The van der Waals surface area contributed by atoms with E-state index in [4.69, 9.17) is 28.6 Å². The zero-order chi connectivity index (χ0) is 24.5. The lowest BCUT2D eigenvalue weighted by Crippen LogP contribution is -2.40. The van der Waals surface area contributed by atoms with Crippen LogP contribution < -0.4 is 20.3 Å². The van der Waals surface area contributed by atoms with E-state index < -0.39 is 49.2 Å². The Bertz CT molecular complexity index is 1530. The Morgan fingerprint density at radius 3 is 2.48 bits per heavy atom. The first-order valence-corrected chi connectivity index (χ1v) is 11.4. The maximum atomic E-state index is 14.8.